The minimum atomic E-state index is -3.67. The molecule has 0 amide bonds. The highest BCUT2D eigenvalue weighted by Crippen LogP contribution is 2.34. The van der Waals surface area contributed by atoms with Crippen molar-refractivity contribution < 1.29 is 8.42 Å². The van der Waals surface area contributed by atoms with Gasteiger partial charge in [-0.3, -0.25) is 0 Å². The second-order valence-electron chi connectivity index (χ2n) is 8.33. The molecule has 0 bridgehead atoms. The van der Waals surface area contributed by atoms with Gasteiger partial charge in [-0.05, 0) is 54.8 Å². The lowest BCUT2D eigenvalue weighted by Gasteiger charge is -2.24. The Morgan fingerprint density at radius 2 is 1.82 bits per heavy atom. The molecule has 1 aromatic heterocycles. The molecule has 172 valence electrons. The molecule has 0 unspecified atom stereocenters. The van der Waals surface area contributed by atoms with Crippen LogP contribution in [0.15, 0.2) is 96.5 Å². The number of aryl methyl sites for hydroxylation is 1. The molecule has 0 aliphatic rings. The van der Waals surface area contributed by atoms with Gasteiger partial charge in [0.25, 0.3) is 0 Å². The lowest BCUT2D eigenvalue weighted by atomic mass is 9.88. The maximum absolute atomic E-state index is 13.4. The maximum atomic E-state index is 13.4. The van der Waals surface area contributed by atoms with Crippen LogP contribution >= 0.6 is 0 Å². The van der Waals surface area contributed by atoms with Crippen LogP contribution in [0, 0.1) is 18.3 Å². The van der Waals surface area contributed by atoms with Gasteiger partial charge in [0.1, 0.15) is 0 Å². The van der Waals surface area contributed by atoms with E-state index in [2.05, 4.69) is 29.8 Å². The van der Waals surface area contributed by atoms with Gasteiger partial charge in [0, 0.05) is 36.1 Å². The van der Waals surface area contributed by atoms with Crippen LogP contribution in [-0.4, -0.2) is 30.8 Å². The van der Waals surface area contributed by atoms with E-state index in [4.69, 9.17) is 0 Å². The molecule has 0 saturated carbocycles. The summed E-state index contributed by atoms with van der Waals surface area (Å²) in [7, 11) is -3.67. The molecule has 0 spiro atoms. The molecule has 1 N–H and O–H groups in total. The molecule has 3 aromatic carbocycles. The van der Waals surface area contributed by atoms with E-state index in [9.17, 15) is 13.7 Å². The van der Waals surface area contributed by atoms with Gasteiger partial charge in [-0.2, -0.15) is 9.57 Å². The number of hydrogen-bond acceptors (Lipinski definition) is 3. The quantitative estimate of drug-likeness (QED) is 0.317. The van der Waals surface area contributed by atoms with Gasteiger partial charge in [-0.25, -0.2) is 8.42 Å². The molecular formula is C28H27N3O2S. The van der Waals surface area contributed by atoms with Gasteiger partial charge in [0.05, 0.1) is 16.5 Å². The van der Waals surface area contributed by atoms with Crippen molar-refractivity contribution in [1.29, 1.82) is 5.26 Å². The van der Waals surface area contributed by atoms with Crippen molar-refractivity contribution in [3.05, 3.63) is 114 Å². The topological polar surface area (TPSA) is 77.0 Å². The zero-order valence-electron chi connectivity index (χ0n) is 19.1. The van der Waals surface area contributed by atoms with Crippen LogP contribution in [0.1, 0.15) is 34.6 Å². The number of rotatable bonds is 9. The standard InChI is InChI=1S/C28H27N3O2S/c1-3-16-31(34(32,33)24-12-9-21(2)10-13-24)17-15-25(23-7-5-4-6-8-23)27-20-30-28-14-11-22(19-29)18-26(27)28/h3-14,18,20,25,30H,1,15-17H2,2H3/t25-/m0/s1. The SMILES string of the molecule is C=CCN(CC[C@@H](c1ccccc1)c1c[nH]c2ccc(C#N)cc12)S(=O)(=O)c1ccc(C)cc1. The molecule has 0 fully saturated rings. The third kappa shape index (κ3) is 4.81. The summed E-state index contributed by atoms with van der Waals surface area (Å²) in [4.78, 5) is 3.59. The fourth-order valence-corrected chi connectivity index (χ4v) is 5.70. The van der Waals surface area contributed by atoms with Gasteiger partial charge in [-0.15, -0.1) is 6.58 Å². The van der Waals surface area contributed by atoms with Gasteiger partial charge >= 0.3 is 0 Å². The molecule has 5 nitrogen and oxygen atoms in total. The van der Waals surface area contributed by atoms with Crippen molar-refractivity contribution in [3.63, 3.8) is 0 Å². The third-order valence-electron chi connectivity index (χ3n) is 6.08. The average Bonchev–Trinajstić information content (AvgIpc) is 3.27. The molecule has 4 rings (SSSR count). The van der Waals surface area contributed by atoms with Gasteiger partial charge in [-0.1, -0.05) is 54.1 Å². The molecule has 1 heterocycles. The van der Waals surface area contributed by atoms with Crippen LogP contribution < -0.4 is 0 Å². The number of aromatic amines is 1. The van der Waals surface area contributed by atoms with Gasteiger partial charge in [0.15, 0.2) is 0 Å². The Hall–Kier alpha value is -3.66. The Morgan fingerprint density at radius 1 is 1.09 bits per heavy atom. The van der Waals surface area contributed by atoms with Crippen LogP contribution in [0.5, 0.6) is 0 Å². The van der Waals surface area contributed by atoms with Crippen molar-refractivity contribution in [3.8, 4) is 6.07 Å². The number of nitrogens with zero attached hydrogens (tertiary/aromatic N) is 2. The summed E-state index contributed by atoms with van der Waals surface area (Å²) in [6.07, 6.45) is 4.16. The molecule has 34 heavy (non-hydrogen) atoms. The van der Waals surface area contributed by atoms with Crippen LogP contribution in [0.2, 0.25) is 0 Å². The summed E-state index contributed by atoms with van der Waals surface area (Å²) in [5.41, 5.74) is 4.69. The zero-order chi connectivity index (χ0) is 24.1. The summed E-state index contributed by atoms with van der Waals surface area (Å²) in [6, 6.07) is 24.8. The first-order valence-corrected chi connectivity index (χ1v) is 12.6. The smallest absolute Gasteiger partial charge is 0.243 e. The Kier molecular flexibility index (Phi) is 6.97. The summed E-state index contributed by atoms with van der Waals surface area (Å²) in [6.45, 7) is 6.26. The Labute approximate surface area is 201 Å². The molecule has 0 aliphatic heterocycles. The van der Waals surface area contributed by atoms with E-state index in [0.29, 0.717) is 18.5 Å². The van der Waals surface area contributed by atoms with Crippen LogP contribution in [0.3, 0.4) is 0 Å². The van der Waals surface area contributed by atoms with E-state index < -0.39 is 10.0 Å². The summed E-state index contributed by atoms with van der Waals surface area (Å²) in [5.74, 6) is -0.0515. The molecule has 0 radical (unpaired) electrons. The van der Waals surface area contributed by atoms with Crippen molar-refractivity contribution in [2.24, 2.45) is 0 Å². The minimum Gasteiger partial charge on any atom is -0.361 e. The summed E-state index contributed by atoms with van der Waals surface area (Å²) >= 11 is 0. The Bertz CT molecular complexity index is 1430. The van der Waals surface area contributed by atoms with E-state index in [-0.39, 0.29) is 17.4 Å². The first-order chi connectivity index (χ1) is 16.4. The first kappa shape index (κ1) is 23.5. The van der Waals surface area contributed by atoms with Crippen molar-refractivity contribution in [2.75, 3.05) is 13.1 Å². The van der Waals surface area contributed by atoms with Crippen molar-refractivity contribution in [1.82, 2.24) is 9.29 Å². The lowest BCUT2D eigenvalue weighted by Crippen LogP contribution is -2.33. The van der Waals surface area contributed by atoms with E-state index in [1.807, 2.05) is 55.6 Å². The average molecular weight is 470 g/mol. The number of sulfonamides is 1. The Morgan fingerprint density at radius 3 is 2.50 bits per heavy atom. The number of benzene rings is 3. The molecule has 6 heteroatoms. The zero-order valence-corrected chi connectivity index (χ0v) is 19.9. The second kappa shape index (κ2) is 10.1. The Balaban J connectivity index is 1.70. The second-order valence-corrected chi connectivity index (χ2v) is 10.3. The highest BCUT2D eigenvalue weighted by atomic mass is 32.2. The minimum absolute atomic E-state index is 0.0515. The fraction of sp³-hybridized carbons (Fsp3) is 0.179. The largest absolute Gasteiger partial charge is 0.361 e. The van der Waals surface area contributed by atoms with E-state index in [0.717, 1.165) is 27.6 Å². The molecular weight excluding hydrogens is 442 g/mol. The van der Waals surface area contributed by atoms with Gasteiger partial charge < -0.3 is 4.98 Å². The first-order valence-electron chi connectivity index (χ1n) is 11.2. The lowest BCUT2D eigenvalue weighted by molar-refractivity contribution is 0.426. The molecule has 4 aromatic rings. The van der Waals surface area contributed by atoms with E-state index in [1.54, 1.807) is 24.3 Å². The van der Waals surface area contributed by atoms with Gasteiger partial charge in [0.2, 0.25) is 10.0 Å². The van der Waals surface area contributed by atoms with Crippen LogP contribution in [0.4, 0.5) is 0 Å². The number of H-pyrrole nitrogens is 1. The molecule has 0 saturated heterocycles. The van der Waals surface area contributed by atoms with E-state index in [1.165, 1.54) is 4.31 Å². The highest BCUT2D eigenvalue weighted by molar-refractivity contribution is 7.89. The molecule has 1 atom stereocenters. The number of fused-ring (bicyclic) bond motifs is 1. The summed E-state index contributed by atoms with van der Waals surface area (Å²) in [5, 5.41) is 10.4. The molecule has 0 aliphatic carbocycles. The maximum Gasteiger partial charge on any atom is 0.243 e. The monoisotopic (exact) mass is 469 g/mol. The normalized spacial score (nSPS) is 12.5. The number of aromatic nitrogens is 1. The highest BCUT2D eigenvalue weighted by Gasteiger charge is 2.26. The van der Waals surface area contributed by atoms with Crippen LogP contribution in [-0.2, 0) is 10.0 Å². The fourth-order valence-electron chi connectivity index (χ4n) is 4.27. The number of nitrogens with one attached hydrogen (secondary N) is 1. The van der Waals surface area contributed by atoms with E-state index >= 15 is 0 Å². The van der Waals surface area contributed by atoms with Crippen molar-refractivity contribution >= 4 is 20.9 Å². The number of nitriles is 1. The summed E-state index contributed by atoms with van der Waals surface area (Å²) < 4.78 is 28.3. The van der Waals surface area contributed by atoms with Crippen LogP contribution in [0.25, 0.3) is 10.9 Å². The predicted octanol–water partition coefficient (Wildman–Crippen LogP) is 5.75. The van der Waals surface area contributed by atoms with Crippen molar-refractivity contribution in [2.45, 2.75) is 24.2 Å². The third-order valence-corrected chi connectivity index (χ3v) is 7.96. The number of hydrogen-bond donors (Lipinski definition) is 1. The predicted molar refractivity (Wildman–Crippen MR) is 136 cm³/mol.